The maximum atomic E-state index is 8.66. The lowest BCUT2D eigenvalue weighted by Crippen LogP contribution is -2.11. The van der Waals surface area contributed by atoms with Crippen molar-refractivity contribution in [2.45, 2.75) is 26.8 Å². The number of H-pyrrole nitrogens is 1. The largest absolute Gasteiger partial charge is 0.467 e. The van der Waals surface area contributed by atoms with E-state index in [0.29, 0.717) is 75.9 Å². The van der Waals surface area contributed by atoms with Gasteiger partial charge in [0.25, 0.3) is 0 Å². The van der Waals surface area contributed by atoms with Gasteiger partial charge in [-0.05, 0) is 43.2 Å². The maximum absolute atomic E-state index is 8.66. The Labute approximate surface area is 349 Å². The molecule has 0 saturated carbocycles. The Morgan fingerprint density at radius 3 is 1.85 bits per heavy atom. The monoisotopic (exact) mass is 828 g/mol. The summed E-state index contributed by atoms with van der Waals surface area (Å²) in [6.45, 7) is 9.07. The minimum atomic E-state index is 0.0105. The minimum absolute atomic E-state index is 0.0105. The number of aliphatic hydroxyl groups excluding tert-OH is 2. The molecule has 0 aliphatic carbocycles. The van der Waals surface area contributed by atoms with Gasteiger partial charge < -0.3 is 50.1 Å². The highest BCUT2D eigenvalue weighted by atomic mass is 16.7. The average molecular weight is 829 g/mol. The van der Waals surface area contributed by atoms with E-state index in [-0.39, 0.29) is 20.0 Å². The van der Waals surface area contributed by atoms with Crippen LogP contribution in [0.15, 0.2) is 85.5 Å². The number of nitrogens with one attached hydrogen (secondary N) is 1. The molecule has 0 saturated heterocycles. The molecule has 0 atom stereocenters. The molecule has 2 aromatic carbocycles. The Hall–Kier alpha value is -5.86. The van der Waals surface area contributed by atoms with Crippen LogP contribution in [0.25, 0.3) is 44.8 Å². The van der Waals surface area contributed by atoms with Gasteiger partial charge in [0.2, 0.25) is 0 Å². The first kappa shape index (κ1) is 46.8. The summed E-state index contributed by atoms with van der Waals surface area (Å²) in [6, 6.07) is 19.4. The summed E-state index contributed by atoms with van der Waals surface area (Å²) >= 11 is 0. The number of para-hydroxylation sites is 1. The van der Waals surface area contributed by atoms with Crippen molar-refractivity contribution in [1.29, 1.82) is 0 Å². The second kappa shape index (κ2) is 27.0. The van der Waals surface area contributed by atoms with Gasteiger partial charge in [-0.3, -0.25) is 9.78 Å². The van der Waals surface area contributed by atoms with Crippen LogP contribution >= 0.6 is 0 Å². The fraction of sp³-hybridized carbons (Fsp3) is 0.381. The van der Waals surface area contributed by atoms with Gasteiger partial charge in [-0.1, -0.05) is 43.3 Å². The van der Waals surface area contributed by atoms with Crippen LogP contribution in [0.4, 0.5) is 11.6 Å². The van der Waals surface area contributed by atoms with Gasteiger partial charge in [0.1, 0.15) is 5.75 Å². The average Bonchev–Trinajstić information content (AvgIpc) is 3.99. The van der Waals surface area contributed by atoms with Crippen molar-refractivity contribution >= 4 is 11.6 Å². The van der Waals surface area contributed by atoms with E-state index in [1.165, 1.54) is 0 Å². The molecule has 4 heterocycles. The number of hydrogen-bond donors (Lipinski definition) is 5. The zero-order valence-electron chi connectivity index (χ0n) is 34.4. The number of ether oxygens (including phenoxy) is 6. The molecule has 0 amide bonds. The number of hydrogen-bond acceptors (Lipinski definition) is 16. The molecule has 18 nitrogen and oxygen atoms in total. The molecule has 6 aromatic rings. The lowest BCUT2D eigenvalue weighted by atomic mass is 10.0. The molecule has 0 radical (unpaired) electrons. The van der Waals surface area contributed by atoms with Crippen molar-refractivity contribution in [2.24, 2.45) is 0 Å². The fourth-order valence-corrected chi connectivity index (χ4v) is 5.41. The number of benzene rings is 2. The van der Waals surface area contributed by atoms with Crippen LogP contribution < -0.4 is 16.2 Å². The molecule has 0 fully saturated rings. The molecule has 0 bridgehead atoms. The summed E-state index contributed by atoms with van der Waals surface area (Å²) in [7, 11) is 1.57. The van der Waals surface area contributed by atoms with Crippen LogP contribution in [-0.4, -0.2) is 131 Å². The third-order valence-corrected chi connectivity index (χ3v) is 8.34. The Balaban J connectivity index is 0.000000231. The first-order chi connectivity index (χ1) is 29.4. The molecule has 0 aliphatic rings. The molecule has 4 aromatic heterocycles. The number of anilines is 2. The van der Waals surface area contributed by atoms with Crippen LogP contribution in [0, 0.1) is 6.92 Å². The van der Waals surface area contributed by atoms with E-state index in [2.05, 4.69) is 42.6 Å². The zero-order chi connectivity index (χ0) is 42.8. The lowest BCUT2D eigenvalue weighted by Gasteiger charge is -2.11. The predicted octanol–water partition coefficient (Wildman–Crippen LogP) is 4.44. The van der Waals surface area contributed by atoms with E-state index in [9.17, 15) is 0 Å². The molecule has 0 unspecified atom stereocenters. The topological polar surface area (TPSA) is 246 Å². The summed E-state index contributed by atoms with van der Waals surface area (Å²) in [5, 5.41) is 44.6. The van der Waals surface area contributed by atoms with Crippen molar-refractivity contribution in [3.05, 3.63) is 91.0 Å². The molecule has 7 N–H and O–H groups in total. The van der Waals surface area contributed by atoms with Gasteiger partial charge in [-0.25, -0.2) is 0 Å². The quantitative estimate of drug-likeness (QED) is 0.0469. The summed E-state index contributed by atoms with van der Waals surface area (Å²) < 4.78 is 33.1. The molecular weight excluding hydrogens is 773 g/mol. The highest BCUT2D eigenvalue weighted by molar-refractivity contribution is 5.79. The van der Waals surface area contributed by atoms with Gasteiger partial charge in [0.15, 0.2) is 18.4 Å². The van der Waals surface area contributed by atoms with E-state index < -0.39 is 0 Å². The second-order valence-electron chi connectivity index (χ2n) is 12.8. The van der Waals surface area contributed by atoms with Crippen molar-refractivity contribution in [3.63, 3.8) is 0 Å². The Morgan fingerprint density at radius 1 is 0.667 bits per heavy atom. The SMILES string of the molecule is CCCOCCOCCO.COCOc1ccccc1-c1cc(-c2cnn(CCOCCOCCO)c2)c(N)nn1.Cc1ccccc1-c1cc(-c2cn[nH]c2)c(N)nn1. The van der Waals surface area contributed by atoms with Crippen LogP contribution in [0.2, 0.25) is 0 Å². The van der Waals surface area contributed by atoms with Crippen LogP contribution in [0.5, 0.6) is 5.75 Å². The van der Waals surface area contributed by atoms with Gasteiger partial charge in [-0.2, -0.15) is 10.2 Å². The first-order valence-electron chi connectivity index (χ1n) is 19.5. The minimum Gasteiger partial charge on any atom is -0.467 e. The normalized spacial score (nSPS) is 10.8. The first-order valence-corrected chi connectivity index (χ1v) is 19.5. The van der Waals surface area contributed by atoms with Gasteiger partial charge in [0.05, 0.1) is 89.8 Å². The van der Waals surface area contributed by atoms with E-state index in [1.54, 1.807) is 30.4 Å². The molecular formula is C42H56N10O8. The highest BCUT2D eigenvalue weighted by Crippen LogP contribution is 2.33. The number of methoxy groups -OCH3 is 1. The highest BCUT2D eigenvalue weighted by Gasteiger charge is 2.14. The lowest BCUT2D eigenvalue weighted by molar-refractivity contribution is 0.0303. The molecule has 18 heteroatoms. The zero-order valence-corrected chi connectivity index (χ0v) is 34.4. The Morgan fingerprint density at radius 2 is 1.25 bits per heavy atom. The van der Waals surface area contributed by atoms with Crippen molar-refractivity contribution in [2.75, 3.05) is 91.4 Å². The van der Waals surface area contributed by atoms with E-state index in [0.717, 1.165) is 57.7 Å². The van der Waals surface area contributed by atoms with Crippen molar-refractivity contribution in [1.82, 2.24) is 40.4 Å². The third-order valence-electron chi connectivity index (χ3n) is 8.34. The molecule has 60 heavy (non-hydrogen) atoms. The number of aromatic amines is 1. The van der Waals surface area contributed by atoms with Gasteiger partial charge in [-0.15, -0.1) is 20.4 Å². The Kier molecular flexibility index (Phi) is 21.1. The number of aliphatic hydroxyl groups is 2. The molecule has 322 valence electrons. The standard InChI is InChI=1S/C21H27N5O5.C14H13N5.C7H16O3/c1-28-15-31-20-5-3-2-4-17(20)19-12-18(21(22)25-24-19)16-13-23-26(14-16)6-8-29-10-11-30-9-7-27;1-9-4-2-3-5-11(9)13-6-12(14(15)19-18-13)10-7-16-17-8-10;1-2-4-9-6-7-10-5-3-8/h2-5,12-14,27H,6-11,15H2,1H3,(H2,22,25);2-8H,1H3,(H2,15,19)(H,16,17);8H,2-7H2,1H3. The number of nitrogens with two attached hydrogens (primary N) is 2. The van der Waals surface area contributed by atoms with Crippen molar-refractivity contribution < 1.29 is 38.6 Å². The summed E-state index contributed by atoms with van der Waals surface area (Å²) in [5.41, 5.74) is 19.7. The number of aryl methyl sites for hydroxylation is 1. The Bertz CT molecular complexity index is 2080. The number of aromatic nitrogens is 8. The summed E-state index contributed by atoms with van der Waals surface area (Å²) in [4.78, 5) is 0. The van der Waals surface area contributed by atoms with E-state index in [1.807, 2.05) is 73.8 Å². The summed E-state index contributed by atoms with van der Waals surface area (Å²) in [6.07, 6.45) is 8.16. The van der Waals surface area contributed by atoms with Gasteiger partial charge in [0, 0.05) is 59.5 Å². The smallest absolute Gasteiger partial charge is 0.188 e. The molecule has 0 aliphatic heterocycles. The van der Waals surface area contributed by atoms with Crippen LogP contribution in [-0.2, 0) is 30.2 Å². The molecule has 6 rings (SSSR count). The number of nitrogen functional groups attached to an aromatic ring is 2. The maximum Gasteiger partial charge on any atom is 0.188 e. The predicted molar refractivity (Wildman–Crippen MR) is 228 cm³/mol. The number of nitrogens with zero attached hydrogens (tertiary/aromatic N) is 7. The van der Waals surface area contributed by atoms with E-state index in [4.69, 9.17) is 50.1 Å². The van der Waals surface area contributed by atoms with Crippen molar-refractivity contribution in [3.8, 4) is 50.5 Å². The van der Waals surface area contributed by atoms with Crippen LogP contribution in [0.3, 0.4) is 0 Å². The second-order valence-corrected chi connectivity index (χ2v) is 12.8. The number of rotatable bonds is 22. The molecule has 0 spiro atoms. The third kappa shape index (κ3) is 15.4. The summed E-state index contributed by atoms with van der Waals surface area (Å²) in [5.74, 6) is 1.36. The van der Waals surface area contributed by atoms with E-state index >= 15 is 0 Å². The van der Waals surface area contributed by atoms with Crippen LogP contribution in [0.1, 0.15) is 18.9 Å². The van der Waals surface area contributed by atoms with Gasteiger partial charge >= 0.3 is 0 Å². The fourth-order valence-electron chi connectivity index (χ4n) is 5.41.